The van der Waals surface area contributed by atoms with E-state index in [2.05, 4.69) is 50.6 Å². The molecule has 2 aliphatic rings. The first-order chi connectivity index (χ1) is 12.8. The number of nitrogens with one attached hydrogen (secondary N) is 1. The average Bonchev–Trinajstić information content (AvgIpc) is 3.37. The molecule has 2 saturated heterocycles. The molecular formula is C20H27N5O. The van der Waals surface area contributed by atoms with Crippen molar-refractivity contribution in [1.82, 2.24) is 25.0 Å². The van der Waals surface area contributed by atoms with Crippen molar-refractivity contribution >= 4 is 5.91 Å². The first kappa shape index (κ1) is 17.2. The van der Waals surface area contributed by atoms with Gasteiger partial charge in [-0.3, -0.25) is 9.48 Å². The Labute approximate surface area is 154 Å². The first-order valence-corrected chi connectivity index (χ1v) is 9.60. The van der Waals surface area contributed by atoms with Gasteiger partial charge in [0.25, 0.3) is 0 Å². The summed E-state index contributed by atoms with van der Waals surface area (Å²) in [5, 5.41) is 7.66. The quantitative estimate of drug-likeness (QED) is 0.824. The van der Waals surface area contributed by atoms with Gasteiger partial charge in [-0.05, 0) is 30.7 Å². The highest BCUT2D eigenvalue weighted by Crippen LogP contribution is 2.42. The standard InChI is InChI=1S/C20H27N5O/c26-19(7-4-10-25-16-22-15-23-25)24-12-18-11-21-13-20(18,14-24)9-8-17-5-2-1-3-6-17/h1-3,5-6,15-16,18,21H,4,7-14H2. The van der Waals surface area contributed by atoms with Crippen molar-refractivity contribution in [1.29, 1.82) is 0 Å². The van der Waals surface area contributed by atoms with Crippen LogP contribution in [0.25, 0.3) is 0 Å². The maximum Gasteiger partial charge on any atom is 0.222 e. The van der Waals surface area contributed by atoms with Crippen LogP contribution >= 0.6 is 0 Å². The molecule has 1 amide bonds. The van der Waals surface area contributed by atoms with Gasteiger partial charge in [-0.15, -0.1) is 0 Å². The molecular weight excluding hydrogens is 326 g/mol. The van der Waals surface area contributed by atoms with E-state index in [9.17, 15) is 4.79 Å². The Balaban J connectivity index is 1.31. The maximum absolute atomic E-state index is 12.7. The van der Waals surface area contributed by atoms with Crippen LogP contribution in [-0.4, -0.2) is 51.8 Å². The molecule has 1 aromatic carbocycles. The van der Waals surface area contributed by atoms with Crippen molar-refractivity contribution in [3.05, 3.63) is 48.5 Å². The lowest BCUT2D eigenvalue weighted by Crippen LogP contribution is -2.36. The van der Waals surface area contributed by atoms with E-state index in [1.54, 1.807) is 11.0 Å². The third kappa shape index (κ3) is 3.65. The van der Waals surface area contributed by atoms with Crippen molar-refractivity contribution in [3.63, 3.8) is 0 Å². The average molecular weight is 353 g/mol. The fourth-order valence-corrected chi connectivity index (χ4v) is 4.51. The van der Waals surface area contributed by atoms with E-state index < -0.39 is 0 Å². The molecule has 2 unspecified atom stereocenters. The van der Waals surface area contributed by atoms with Crippen LogP contribution in [0.2, 0.25) is 0 Å². The zero-order chi connectivity index (χ0) is 17.8. The fourth-order valence-electron chi connectivity index (χ4n) is 4.51. The van der Waals surface area contributed by atoms with Gasteiger partial charge in [0.15, 0.2) is 0 Å². The van der Waals surface area contributed by atoms with E-state index in [0.717, 1.165) is 52.0 Å². The second kappa shape index (κ2) is 7.58. The van der Waals surface area contributed by atoms with E-state index in [1.165, 1.54) is 11.9 Å². The smallest absolute Gasteiger partial charge is 0.222 e. The van der Waals surface area contributed by atoms with Gasteiger partial charge in [0.2, 0.25) is 5.91 Å². The predicted octanol–water partition coefficient (Wildman–Crippen LogP) is 1.74. The summed E-state index contributed by atoms with van der Waals surface area (Å²) in [5.74, 6) is 0.879. The Kier molecular flexibility index (Phi) is 5.02. The van der Waals surface area contributed by atoms with Gasteiger partial charge < -0.3 is 10.2 Å². The number of benzene rings is 1. The molecule has 0 aliphatic carbocycles. The second-order valence-corrected chi connectivity index (χ2v) is 7.71. The molecule has 138 valence electrons. The van der Waals surface area contributed by atoms with Crippen molar-refractivity contribution in [2.45, 2.75) is 32.2 Å². The van der Waals surface area contributed by atoms with Crippen molar-refractivity contribution < 1.29 is 4.79 Å². The molecule has 2 aromatic rings. The van der Waals surface area contributed by atoms with Crippen LogP contribution in [0, 0.1) is 11.3 Å². The Morgan fingerprint density at radius 1 is 1.31 bits per heavy atom. The Hall–Kier alpha value is -2.21. The largest absolute Gasteiger partial charge is 0.342 e. The molecule has 1 N–H and O–H groups in total. The molecule has 6 nitrogen and oxygen atoms in total. The molecule has 2 aliphatic heterocycles. The highest BCUT2D eigenvalue weighted by atomic mass is 16.2. The molecule has 0 spiro atoms. The third-order valence-electron chi connectivity index (χ3n) is 6.03. The van der Waals surface area contributed by atoms with Crippen molar-refractivity contribution in [2.75, 3.05) is 26.2 Å². The van der Waals surface area contributed by atoms with Gasteiger partial charge >= 0.3 is 0 Å². The fraction of sp³-hybridized carbons (Fsp3) is 0.550. The monoisotopic (exact) mass is 353 g/mol. The first-order valence-electron chi connectivity index (χ1n) is 9.60. The van der Waals surface area contributed by atoms with E-state index in [0.29, 0.717) is 18.2 Å². The number of hydrogen-bond acceptors (Lipinski definition) is 4. The van der Waals surface area contributed by atoms with E-state index >= 15 is 0 Å². The van der Waals surface area contributed by atoms with Crippen molar-refractivity contribution in [2.24, 2.45) is 11.3 Å². The summed E-state index contributed by atoms with van der Waals surface area (Å²) in [6.07, 6.45) is 6.89. The van der Waals surface area contributed by atoms with Crippen LogP contribution < -0.4 is 5.32 Å². The number of nitrogens with zero attached hydrogens (tertiary/aromatic N) is 4. The predicted molar refractivity (Wildman–Crippen MR) is 99.4 cm³/mol. The molecule has 26 heavy (non-hydrogen) atoms. The number of amides is 1. The summed E-state index contributed by atoms with van der Waals surface area (Å²) in [6, 6.07) is 10.7. The van der Waals surface area contributed by atoms with Gasteiger partial charge in [0, 0.05) is 44.6 Å². The Bertz CT molecular complexity index is 717. The topological polar surface area (TPSA) is 63.1 Å². The maximum atomic E-state index is 12.7. The molecule has 2 fully saturated rings. The van der Waals surface area contributed by atoms with Gasteiger partial charge in [0.05, 0.1) is 0 Å². The van der Waals surface area contributed by atoms with Crippen LogP contribution in [-0.2, 0) is 17.8 Å². The number of hydrogen-bond donors (Lipinski definition) is 1. The van der Waals surface area contributed by atoms with Crippen LogP contribution in [0.3, 0.4) is 0 Å². The minimum Gasteiger partial charge on any atom is -0.342 e. The van der Waals surface area contributed by atoms with Crippen LogP contribution in [0.4, 0.5) is 0 Å². The molecule has 2 atom stereocenters. The molecule has 1 aromatic heterocycles. The van der Waals surface area contributed by atoms with Gasteiger partial charge in [-0.2, -0.15) is 5.10 Å². The van der Waals surface area contributed by atoms with Crippen LogP contribution in [0.5, 0.6) is 0 Å². The highest BCUT2D eigenvalue weighted by molar-refractivity contribution is 5.76. The minimum atomic E-state index is 0.247. The van der Waals surface area contributed by atoms with Gasteiger partial charge in [-0.1, -0.05) is 30.3 Å². The number of likely N-dealkylation sites (tertiary alicyclic amines) is 1. The van der Waals surface area contributed by atoms with Crippen molar-refractivity contribution in [3.8, 4) is 0 Å². The molecule has 0 saturated carbocycles. The lowest BCUT2D eigenvalue weighted by Gasteiger charge is -2.28. The minimum absolute atomic E-state index is 0.247. The zero-order valence-corrected chi connectivity index (χ0v) is 15.2. The summed E-state index contributed by atoms with van der Waals surface area (Å²) in [6.45, 7) is 4.64. The summed E-state index contributed by atoms with van der Waals surface area (Å²) in [4.78, 5) is 18.7. The second-order valence-electron chi connectivity index (χ2n) is 7.71. The SMILES string of the molecule is O=C(CCCn1cncn1)N1CC2CNCC2(CCc2ccccc2)C1. The molecule has 4 rings (SSSR count). The third-order valence-corrected chi connectivity index (χ3v) is 6.03. The molecule has 6 heteroatoms. The summed E-state index contributed by atoms with van der Waals surface area (Å²) in [7, 11) is 0. The molecule has 0 radical (unpaired) electrons. The highest BCUT2D eigenvalue weighted by Gasteiger charge is 2.49. The Morgan fingerprint density at radius 2 is 2.19 bits per heavy atom. The number of aromatic nitrogens is 3. The van der Waals surface area contributed by atoms with E-state index in [1.807, 2.05) is 0 Å². The molecule has 3 heterocycles. The molecule has 0 bridgehead atoms. The summed E-state index contributed by atoms with van der Waals surface area (Å²) < 4.78 is 1.79. The number of aryl methyl sites for hydroxylation is 2. The number of carbonyl (C=O) groups excluding carboxylic acids is 1. The summed E-state index contributed by atoms with van der Waals surface area (Å²) >= 11 is 0. The van der Waals surface area contributed by atoms with E-state index in [-0.39, 0.29) is 5.41 Å². The van der Waals surface area contributed by atoms with E-state index in [4.69, 9.17) is 0 Å². The van der Waals surface area contributed by atoms with Gasteiger partial charge in [0.1, 0.15) is 12.7 Å². The number of fused-ring (bicyclic) bond motifs is 1. The number of carbonyl (C=O) groups is 1. The number of rotatable bonds is 7. The van der Waals surface area contributed by atoms with Gasteiger partial charge in [-0.25, -0.2) is 4.98 Å². The van der Waals surface area contributed by atoms with Crippen LogP contribution in [0.15, 0.2) is 43.0 Å². The lowest BCUT2D eigenvalue weighted by atomic mass is 9.76. The lowest BCUT2D eigenvalue weighted by molar-refractivity contribution is -0.130. The Morgan fingerprint density at radius 3 is 3.00 bits per heavy atom. The zero-order valence-electron chi connectivity index (χ0n) is 15.2. The summed E-state index contributed by atoms with van der Waals surface area (Å²) in [5.41, 5.74) is 1.64. The van der Waals surface area contributed by atoms with Crippen LogP contribution in [0.1, 0.15) is 24.8 Å². The normalized spacial score (nSPS) is 24.8.